The molecule has 0 saturated heterocycles. The topological polar surface area (TPSA) is 81.5 Å². The molecule has 0 atom stereocenters. The van der Waals surface area contributed by atoms with Crippen molar-refractivity contribution in [3.8, 4) is 17.5 Å². The Bertz CT molecular complexity index is 621. The van der Waals surface area contributed by atoms with E-state index in [1.807, 2.05) is 0 Å². The number of aromatic nitrogens is 2. The molecule has 2 aromatic rings. The zero-order valence-corrected chi connectivity index (χ0v) is 9.21. The smallest absolute Gasteiger partial charge is 0.449 e. The highest BCUT2D eigenvalue weighted by Crippen LogP contribution is 2.28. The fourth-order valence-corrected chi connectivity index (χ4v) is 1.20. The molecule has 2 rings (SSSR count). The number of hydrogen-bond donors (Lipinski definition) is 1. The zero-order valence-electron chi connectivity index (χ0n) is 9.21. The predicted octanol–water partition coefficient (Wildman–Crippen LogP) is 2.60. The molecule has 19 heavy (non-hydrogen) atoms. The van der Waals surface area contributed by atoms with Crippen LogP contribution in [0.5, 0.6) is 17.5 Å². The summed E-state index contributed by atoms with van der Waals surface area (Å²) < 4.78 is 35.4. The van der Waals surface area contributed by atoms with Crippen molar-refractivity contribution in [3.05, 3.63) is 42.2 Å². The van der Waals surface area contributed by atoms with E-state index in [1.165, 1.54) is 12.4 Å². The van der Waals surface area contributed by atoms with E-state index >= 15 is 0 Å². The average molecular weight is 268 g/mol. The average Bonchev–Trinajstić information content (AvgIpc) is 2.34. The summed E-state index contributed by atoms with van der Waals surface area (Å²) >= 11 is 0. The van der Waals surface area contributed by atoms with Gasteiger partial charge in [-0.3, -0.25) is 0 Å². The van der Waals surface area contributed by atoms with E-state index in [0.29, 0.717) is 6.07 Å². The number of carboxylic acid groups (broad SMARTS) is 1. The van der Waals surface area contributed by atoms with E-state index in [9.17, 15) is 13.6 Å². The molecule has 1 aromatic carbocycles. The first kappa shape index (κ1) is 12.7. The molecule has 0 bridgehead atoms. The summed E-state index contributed by atoms with van der Waals surface area (Å²) in [5, 5.41) is 8.48. The second-order valence-electron chi connectivity index (χ2n) is 3.21. The van der Waals surface area contributed by atoms with Crippen molar-refractivity contribution in [2.24, 2.45) is 0 Å². The quantitative estimate of drug-likeness (QED) is 0.861. The Hall–Kier alpha value is -2.77. The van der Waals surface area contributed by atoms with Gasteiger partial charge in [-0.2, -0.15) is 0 Å². The minimum absolute atomic E-state index is 0.336. The third-order valence-electron chi connectivity index (χ3n) is 1.92. The minimum atomic E-state index is -1.62. The van der Waals surface area contributed by atoms with Crippen LogP contribution in [0.2, 0.25) is 0 Å². The number of carbonyl (C=O) groups is 1. The van der Waals surface area contributed by atoms with E-state index in [2.05, 4.69) is 14.7 Å². The lowest BCUT2D eigenvalue weighted by Gasteiger charge is -2.07. The molecule has 0 unspecified atom stereocenters. The van der Waals surface area contributed by atoms with E-state index in [1.54, 1.807) is 0 Å². The molecule has 1 aromatic heterocycles. The fraction of sp³-hybridized carbons (Fsp3) is 0. The van der Waals surface area contributed by atoms with Gasteiger partial charge < -0.3 is 14.6 Å². The van der Waals surface area contributed by atoms with Crippen molar-refractivity contribution in [3.63, 3.8) is 0 Å². The Labute approximate surface area is 105 Å². The van der Waals surface area contributed by atoms with E-state index in [-0.39, 0.29) is 11.6 Å². The molecule has 0 aliphatic rings. The summed E-state index contributed by atoms with van der Waals surface area (Å²) in [5.74, 6) is -2.87. The van der Waals surface area contributed by atoms with Crippen molar-refractivity contribution in [2.45, 2.75) is 0 Å². The highest BCUT2D eigenvalue weighted by atomic mass is 19.1. The number of halogens is 2. The van der Waals surface area contributed by atoms with Crippen LogP contribution in [0.1, 0.15) is 0 Å². The van der Waals surface area contributed by atoms with E-state index in [0.717, 1.165) is 12.1 Å². The highest BCUT2D eigenvalue weighted by molar-refractivity contribution is 5.61. The van der Waals surface area contributed by atoms with Gasteiger partial charge in [0.15, 0.2) is 11.6 Å². The minimum Gasteiger partial charge on any atom is -0.449 e. The van der Waals surface area contributed by atoms with Crippen molar-refractivity contribution in [1.29, 1.82) is 0 Å². The molecule has 8 heteroatoms. The summed E-state index contributed by atoms with van der Waals surface area (Å²) in [6, 6.07) is 2.62. The number of nitrogens with zero attached hydrogens (tertiary/aromatic N) is 2. The summed E-state index contributed by atoms with van der Waals surface area (Å²) in [4.78, 5) is 17.6. The molecule has 0 radical (unpaired) electrons. The van der Waals surface area contributed by atoms with Crippen molar-refractivity contribution in [2.75, 3.05) is 0 Å². The molecular formula is C11H6F2N2O4. The molecule has 0 aliphatic heterocycles. The summed E-state index contributed by atoms with van der Waals surface area (Å²) in [6.45, 7) is 0. The van der Waals surface area contributed by atoms with Crippen molar-refractivity contribution in [1.82, 2.24) is 9.97 Å². The molecule has 6 nitrogen and oxygen atoms in total. The lowest BCUT2D eigenvalue weighted by Crippen LogP contribution is -2.06. The van der Waals surface area contributed by atoms with Crippen LogP contribution in [0.3, 0.4) is 0 Å². The first-order valence-corrected chi connectivity index (χ1v) is 4.91. The lowest BCUT2D eigenvalue weighted by atomic mass is 10.3. The van der Waals surface area contributed by atoms with Gasteiger partial charge in [0.25, 0.3) is 11.8 Å². The van der Waals surface area contributed by atoms with Gasteiger partial charge in [-0.15, -0.1) is 0 Å². The monoisotopic (exact) mass is 268 g/mol. The first-order chi connectivity index (χ1) is 9.06. The third kappa shape index (κ3) is 3.12. The van der Waals surface area contributed by atoms with Crippen LogP contribution in [-0.4, -0.2) is 21.2 Å². The SMILES string of the molecule is O=C(O)Oc1nccnc1Oc1ccc(F)cc1F. The summed E-state index contributed by atoms with van der Waals surface area (Å²) in [7, 11) is 0. The van der Waals surface area contributed by atoms with Gasteiger partial charge in [-0.05, 0) is 12.1 Å². The standard InChI is InChI=1S/C11H6F2N2O4/c12-6-1-2-8(7(13)5-6)18-9-10(19-11(16)17)15-4-3-14-9/h1-5H,(H,16,17). The summed E-state index contributed by atoms with van der Waals surface area (Å²) in [5.41, 5.74) is 0. The van der Waals surface area contributed by atoms with Gasteiger partial charge in [0.1, 0.15) is 5.82 Å². The van der Waals surface area contributed by atoms with Crippen LogP contribution < -0.4 is 9.47 Å². The van der Waals surface area contributed by atoms with E-state index < -0.39 is 23.7 Å². The second-order valence-corrected chi connectivity index (χ2v) is 3.21. The van der Waals surface area contributed by atoms with Gasteiger partial charge >= 0.3 is 6.16 Å². The molecular weight excluding hydrogens is 262 g/mol. The van der Waals surface area contributed by atoms with E-state index in [4.69, 9.17) is 9.84 Å². The Kier molecular flexibility index (Phi) is 3.51. The normalized spacial score (nSPS) is 10.0. The van der Waals surface area contributed by atoms with Gasteiger partial charge in [0, 0.05) is 18.5 Å². The maximum Gasteiger partial charge on any atom is 0.512 e. The maximum atomic E-state index is 13.4. The molecule has 0 amide bonds. The largest absolute Gasteiger partial charge is 0.512 e. The molecule has 0 saturated carbocycles. The molecule has 1 N–H and O–H groups in total. The van der Waals surface area contributed by atoms with Gasteiger partial charge in [0.05, 0.1) is 0 Å². The lowest BCUT2D eigenvalue weighted by molar-refractivity contribution is 0.140. The molecule has 1 heterocycles. The zero-order chi connectivity index (χ0) is 13.8. The van der Waals surface area contributed by atoms with Crippen LogP contribution >= 0.6 is 0 Å². The fourth-order valence-electron chi connectivity index (χ4n) is 1.20. The predicted molar refractivity (Wildman–Crippen MR) is 57.1 cm³/mol. The molecule has 98 valence electrons. The van der Waals surface area contributed by atoms with Crippen LogP contribution in [0.15, 0.2) is 30.6 Å². The van der Waals surface area contributed by atoms with Gasteiger partial charge in [-0.1, -0.05) is 0 Å². The Morgan fingerprint density at radius 3 is 2.47 bits per heavy atom. The van der Waals surface area contributed by atoms with Crippen LogP contribution in [-0.2, 0) is 0 Å². The molecule has 0 aliphatic carbocycles. The number of rotatable bonds is 3. The van der Waals surface area contributed by atoms with Gasteiger partial charge in [0.2, 0.25) is 0 Å². The molecule has 0 spiro atoms. The first-order valence-electron chi connectivity index (χ1n) is 4.91. The number of hydrogen-bond acceptors (Lipinski definition) is 5. The number of ether oxygens (including phenoxy) is 2. The Balaban J connectivity index is 2.30. The highest BCUT2D eigenvalue weighted by Gasteiger charge is 2.15. The van der Waals surface area contributed by atoms with Crippen molar-refractivity contribution < 1.29 is 28.2 Å². The van der Waals surface area contributed by atoms with Gasteiger partial charge in [-0.25, -0.2) is 23.5 Å². The Morgan fingerprint density at radius 2 is 1.84 bits per heavy atom. The van der Waals surface area contributed by atoms with Crippen LogP contribution in [0, 0.1) is 11.6 Å². The maximum absolute atomic E-state index is 13.4. The summed E-state index contributed by atoms with van der Waals surface area (Å²) in [6.07, 6.45) is 0.752. The number of benzene rings is 1. The van der Waals surface area contributed by atoms with Crippen LogP contribution in [0.4, 0.5) is 13.6 Å². The second kappa shape index (κ2) is 5.25. The van der Waals surface area contributed by atoms with Crippen molar-refractivity contribution >= 4 is 6.16 Å². The third-order valence-corrected chi connectivity index (χ3v) is 1.92. The Morgan fingerprint density at radius 1 is 1.16 bits per heavy atom. The van der Waals surface area contributed by atoms with Crippen LogP contribution in [0.25, 0.3) is 0 Å². The molecule has 0 fully saturated rings.